The van der Waals surface area contributed by atoms with Crippen LogP contribution in [0.15, 0.2) is 28.7 Å². The first kappa shape index (κ1) is 12.5. The van der Waals surface area contributed by atoms with E-state index in [0.717, 1.165) is 15.0 Å². The fraction of sp³-hybridized carbons (Fsp3) is 0.0909. The van der Waals surface area contributed by atoms with E-state index >= 15 is 0 Å². The molecule has 0 aliphatic carbocycles. The van der Waals surface area contributed by atoms with Gasteiger partial charge in [-0.1, -0.05) is 45.7 Å². The number of thiazole rings is 1. The maximum atomic E-state index is 10.6. The normalized spacial score (nSPS) is 10.5. The third-order valence-electron chi connectivity index (χ3n) is 2.07. The molecule has 1 N–H and O–H groups in total. The van der Waals surface area contributed by atoms with Gasteiger partial charge in [-0.25, -0.2) is 4.98 Å². The molecule has 2 rings (SSSR count). The molecule has 2 aromatic rings. The van der Waals surface area contributed by atoms with Crippen molar-refractivity contribution >= 4 is 44.8 Å². The molecule has 0 saturated heterocycles. The van der Waals surface area contributed by atoms with E-state index in [0.29, 0.717) is 4.88 Å². The van der Waals surface area contributed by atoms with Crippen LogP contribution in [0.2, 0.25) is 5.15 Å². The Labute approximate surface area is 115 Å². The number of aliphatic carboxylic acids is 1. The summed E-state index contributed by atoms with van der Waals surface area (Å²) in [5.74, 6) is -0.908. The minimum absolute atomic E-state index is 0.0963. The molecule has 0 aliphatic rings. The lowest BCUT2D eigenvalue weighted by molar-refractivity contribution is -0.136. The molecule has 0 amide bonds. The predicted molar refractivity (Wildman–Crippen MR) is 71.6 cm³/mol. The molecular formula is C11H7BrClNO2S. The first-order valence-electron chi connectivity index (χ1n) is 4.70. The summed E-state index contributed by atoms with van der Waals surface area (Å²) in [6.07, 6.45) is -0.0963. The summed E-state index contributed by atoms with van der Waals surface area (Å²) in [5.41, 5.74) is 0.913. The molecule has 0 radical (unpaired) electrons. The van der Waals surface area contributed by atoms with Crippen LogP contribution in [0.3, 0.4) is 0 Å². The number of carboxylic acids is 1. The second-order valence-electron chi connectivity index (χ2n) is 3.28. The van der Waals surface area contributed by atoms with E-state index in [-0.39, 0.29) is 11.6 Å². The lowest BCUT2D eigenvalue weighted by Crippen LogP contribution is -1.97. The van der Waals surface area contributed by atoms with E-state index in [2.05, 4.69) is 20.9 Å². The van der Waals surface area contributed by atoms with Crippen LogP contribution in [0.25, 0.3) is 10.6 Å². The van der Waals surface area contributed by atoms with Crippen molar-refractivity contribution < 1.29 is 9.90 Å². The highest BCUT2D eigenvalue weighted by Crippen LogP contribution is 2.34. The average molecular weight is 333 g/mol. The fourth-order valence-electron chi connectivity index (χ4n) is 1.33. The second-order valence-corrected chi connectivity index (χ2v) is 5.58. The number of rotatable bonds is 3. The van der Waals surface area contributed by atoms with Gasteiger partial charge in [0.05, 0.1) is 11.3 Å². The molecule has 6 heteroatoms. The van der Waals surface area contributed by atoms with Crippen molar-refractivity contribution in [2.24, 2.45) is 0 Å². The standard InChI is InChI=1S/C11H7BrClNO2S/c12-7-4-2-1-3-6(7)11-14-10(13)8(17-11)5-9(15)16/h1-4H,5H2,(H,15,16). The van der Waals surface area contributed by atoms with E-state index in [1.165, 1.54) is 11.3 Å². The van der Waals surface area contributed by atoms with Gasteiger partial charge in [-0.3, -0.25) is 4.79 Å². The smallest absolute Gasteiger partial charge is 0.308 e. The zero-order valence-electron chi connectivity index (χ0n) is 8.48. The minimum atomic E-state index is -0.908. The molecule has 0 fully saturated rings. The van der Waals surface area contributed by atoms with E-state index in [1.807, 2.05) is 24.3 Å². The van der Waals surface area contributed by atoms with E-state index < -0.39 is 5.97 Å². The van der Waals surface area contributed by atoms with Crippen molar-refractivity contribution in [3.63, 3.8) is 0 Å². The van der Waals surface area contributed by atoms with Crippen molar-refractivity contribution in [3.05, 3.63) is 38.8 Å². The zero-order chi connectivity index (χ0) is 12.4. The second kappa shape index (κ2) is 5.16. The third-order valence-corrected chi connectivity index (χ3v) is 4.27. The molecular weight excluding hydrogens is 326 g/mol. The molecule has 0 spiro atoms. The van der Waals surface area contributed by atoms with Crippen molar-refractivity contribution in [1.82, 2.24) is 4.98 Å². The average Bonchev–Trinajstić information content (AvgIpc) is 2.60. The maximum absolute atomic E-state index is 10.6. The lowest BCUT2D eigenvalue weighted by Gasteiger charge is -1.98. The molecule has 0 saturated carbocycles. The molecule has 0 aliphatic heterocycles. The summed E-state index contributed by atoms with van der Waals surface area (Å²) in [5, 5.41) is 9.72. The highest BCUT2D eigenvalue weighted by Gasteiger charge is 2.14. The first-order chi connectivity index (χ1) is 8.08. The van der Waals surface area contributed by atoms with Gasteiger partial charge < -0.3 is 5.11 Å². The number of carboxylic acid groups (broad SMARTS) is 1. The highest BCUT2D eigenvalue weighted by atomic mass is 79.9. The number of nitrogens with zero attached hydrogens (tertiary/aromatic N) is 1. The summed E-state index contributed by atoms with van der Waals surface area (Å²) >= 11 is 10.6. The van der Waals surface area contributed by atoms with Crippen molar-refractivity contribution in [2.45, 2.75) is 6.42 Å². The molecule has 0 atom stereocenters. The van der Waals surface area contributed by atoms with Gasteiger partial charge in [0, 0.05) is 10.0 Å². The number of aromatic nitrogens is 1. The SMILES string of the molecule is O=C(O)Cc1sc(-c2ccccc2Br)nc1Cl. The summed E-state index contributed by atoms with van der Waals surface area (Å²) < 4.78 is 0.910. The van der Waals surface area contributed by atoms with Gasteiger partial charge in [0.1, 0.15) is 10.2 Å². The Morgan fingerprint density at radius 1 is 1.47 bits per heavy atom. The van der Waals surface area contributed by atoms with Gasteiger partial charge in [-0.05, 0) is 6.07 Å². The summed E-state index contributed by atoms with van der Waals surface area (Å²) in [7, 11) is 0. The fourth-order valence-corrected chi connectivity index (χ4v) is 3.23. The zero-order valence-corrected chi connectivity index (χ0v) is 11.6. The quantitative estimate of drug-likeness (QED) is 0.928. The molecule has 88 valence electrons. The summed E-state index contributed by atoms with van der Waals surface area (Å²) in [6.45, 7) is 0. The number of hydrogen-bond acceptors (Lipinski definition) is 3. The number of halogens is 2. The maximum Gasteiger partial charge on any atom is 0.308 e. The van der Waals surface area contributed by atoms with Gasteiger partial charge in [-0.2, -0.15) is 0 Å². The van der Waals surface area contributed by atoms with Crippen LogP contribution in [-0.2, 0) is 11.2 Å². The molecule has 0 unspecified atom stereocenters. The Balaban J connectivity index is 2.41. The van der Waals surface area contributed by atoms with Crippen LogP contribution in [0.4, 0.5) is 0 Å². The van der Waals surface area contributed by atoms with Crippen LogP contribution in [0.1, 0.15) is 4.88 Å². The van der Waals surface area contributed by atoms with E-state index in [9.17, 15) is 4.79 Å². The van der Waals surface area contributed by atoms with Crippen LogP contribution in [0, 0.1) is 0 Å². The molecule has 0 bridgehead atoms. The highest BCUT2D eigenvalue weighted by molar-refractivity contribution is 9.10. The Bertz CT molecular complexity index is 570. The van der Waals surface area contributed by atoms with Crippen molar-refractivity contribution in [1.29, 1.82) is 0 Å². The van der Waals surface area contributed by atoms with Gasteiger partial charge >= 0.3 is 5.97 Å². The third kappa shape index (κ3) is 2.86. The van der Waals surface area contributed by atoms with Crippen LogP contribution in [0.5, 0.6) is 0 Å². The van der Waals surface area contributed by atoms with E-state index in [1.54, 1.807) is 0 Å². The topological polar surface area (TPSA) is 50.2 Å². The molecule has 1 aromatic heterocycles. The molecule has 1 aromatic carbocycles. The van der Waals surface area contributed by atoms with Gasteiger partial charge in [0.2, 0.25) is 0 Å². The van der Waals surface area contributed by atoms with Gasteiger partial charge in [0.25, 0.3) is 0 Å². The van der Waals surface area contributed by atoms with Crippen LogP contribution in [-0.4, -0.2) is 16.1 Å². The predicted octanol–water partition coefficient (Wildman–Crippen LogP) is 3.85. The molecule has 1 heterocycles. The Kier molecular flexibility index (Phi) is 3.81. The summed E-state index contributed by atoms with van der Waals surface area (Å²) in [4.78, 5) is 15.4. The van der Waals surface area contributed by atoms with Crippen molar-refractivity contribution in [3.8, 4) is 10.6 Å². The number of hydrogen-bond donors (Lipinski definition) is 1. The Hall–Kier alpha value is -0.910. The van der Waals surface area contributed by atoms with Crippen LogP contribution < -0.4 is 0 Å². The van der Waals surface area contributed by atoms with Crippen LogP contribution >= 0.6 is 38.9 Å². The molecule has 3 nitrogen and oxygen atoms in total. The van der Waals surface area contributed by atoms with Crippen molar-refractivity contribution in [2.75, 3.05) is 0 Å². The number of carbonyl (C=O) groups is 1. The Morgan fingerprint density at radius 2 is 2.18 bits per heavy atom. The lowest BCUT2D eigenvalue weighted by atomic mass is 10.2. The first-order valence-corrected chi connectivity index (χ1v) is 6.68. The number of benzene rings is 1. The molecule has 17 heavy (non-hydrogen) atoms. The van der Waals surface area contributed by atoms with Gasteiger partial charge in [-0.15, -0.1) is 11.3 Å². The van der Waals surface area contributed by atoms with Gasteiger partial charge in [0.15, 0.2) is 0 Å². The minimum Gasteiger partial charge on any atom is -0.481 e. The Morgan fingerprint density at radius 3 is 2.82 bits per heavy atom. The van der Waals surface area contributed by atoms with E-state index in [4.69, 9.17) is 16.7 Å². The summed E-state index contributed by atoms with van der Waals surface area (Å²) in [6, 6.07) is 7.61. The largest absolute Gasteiger partial charge is 0.481 e. The monoisotopic (exact) mass is 331 g/mol.